The zero-order valence-electron chi connectivity index (χ0n) is 60.1. The molecule has 9 heterocycles. The van der Waals surface area contributed by atoms with Gasteiger partial charge in [0.2, 0.25) is 23.6 Å². The van der Waals surface area contributed by atoms with E-state index in [0.29, 0.717) is 0 Å². The Kier molecular flexibility index (Phi) is 33.1. The van der Waals surface area contributed by atoms with Crippen LogP contribution in [0.5, 0.6) is 0 Å². The van der Waals surface area contributed by atoms with E-state index in [4.69, 9.17) is 80.5 Å². The standard InChI is InChI=1S/C62H104N4O46/c1-14(75)63-27-34(82)47(20(7-69)97-54(27)95)106-55-28(64-15(2)76)37(85)50(23(10-72)100-55)111-62-46(94)53(112-61-45(93)41(89)52(25(12-74)104-61)108-57-30(66-17(4)78)36(84)49(22(9-71)102-57)110-60-43(91)39(87)32(80)19(6-68)99-60)33(81)26(105-62)13-96-58-44(92)40(88)51(24(11-73)103-58)107-56-29(65-16(3)77)35(83)48(21(8-70)101-56)109-59-42(90)38(86)31(79)18(5-67)98-59/h18-62,67-74,79-95H,5-13H2,1-4H3,(H,63,75)(H,64,76)(H,65,77)(H,66,78)/t18-,19-,20-,21-,22-,23-,24-,25-,26-,27-,28-,29-,30-,31+,32+,33-,34-,35-,36-,37-,38+,39+,40-,41-,42-,43-,44+,45+,46+,47-,48-,49-,50-,51-,52-,53+,54-,55+,56+,57+,58+,59+,60+,61-,62-/m1/s1. The molecule has 648 valence electrons. The van der Waals surface area contributed by atoms with Gasteiger partial charge < -0.3 is 229 Å². The molecular weight excluding hydrogens is 1540 g/mol. The van der Waals surface area contributed by atoms with Gasteiger partial charge in [-0.05, 0) is 0 Å². The Morgan fingerprint density at radius 3 is 0.795 bits per heavy atom. The monoisotopic (exact) mass is 1640 g/mol. The molecule has 9 fully saturated rings. The molecule has 50 nitrogen and oxygen atoms in total. The molecule has 112 heavy (non-hydrogen) atoms. The van der Waals surface area contributed by atoms with E-state index in [1.54, 1.807) is 0 Å². The van der Waals surface area contributed by atoms with E-state index < -0.39 is 359 Å². The van der Waals surface area contributed by atoms with Crippen molar-refractivity contribution in [3.8, 4) is 0 Å². The summed E-state index contributed by atoms with van der Waals surface area (Å²) in [6.45, 7) is -5.62. The Labute approximate surface area is 634 Å². The highest BCUT2D eigenvalue weighted by Gasteiger charge is 2.61. The van der Waals surface area contributed by atoms with E-state index in [0.717, 1.165) is 27.7 Å². The lowest BCUT2D eigenvalue weighted by Crippen LogP contribution is -2.70. The van der Waals surface area contributed by atoms with Crippen molar-refractivity contribution < 1.29 is 227 Å². The number of aliphatic hydroxyl groups is 25. The third kappa shape index (κ3) is 20.2. The number of hydrogen-bond acceptors (Lipinski definition) is 46. The summed E-state index contributed by atoms with van der Waals surface area (Å²) in [6.07, 6.45) is -82.8. The van der Waals surface area contributed by atoms with Gasteiger partial charge in [-0.15, -0.1) is 0 Å². The fraction of sp³-hybridized carbons (Fsp3) is 0.935. The van der Waals surface area contributed by atoms with E-state index in [9.17, 15) is 147 Å². The van der Waals surface area contributed by atoms with Gasteiger partial charge in [0.15, 0.2) is 56.6 Å². The van der Waals surface area contributed by atoms with Crippen molar-refractivity contribution in [2.45, 2.75) is 304 Å². The van der Waals surface area contributed by atoms with Crippen LogP contribution in [-0.2, 0) is 99.7 Å². The van der Waals surface area contributed by atoms with Gasteiger partial charge in [0.05, 0.1) is 59.5 Å². The molecule has 0 unspecified atom stereocenters. The molecule has 0 aliphatic carbocycles. The van der Waals surface area contributed by atoms with E-state index in [-0.39, 0.29) is 0 Å². The van der Waals surface area contributed by atoms with Gasteiger partial charge in [-0.3, -0.25) is 19.2 Å². The Morgan fingerprint density at radius 1 is 0.232 bits per heavy atom. The molecule has 9 saturated heterocycles. The summed E-state index contributed by atoms with van der Waals surface area (Å²) >= 11 is 0. The first-order valence-corrected chi connectivity index (χ1v) is 35.6. The third-order valence-electron chi connectivity index (χ3n) is 20.4. The van der Waals surface area contributed by atoms with Crippen LogP contribution in [0.15, 0.2) is 0 Å². The molecular formula is C62H104N4O46. The van der Waals surface area contributed by atoms with Crippen molar-refractivity contribution in [2.75, 3.05) is 59.5 Å². The average Bonchev–Trinajstić information content (AvgIpc) is 0.768. The molecule has 50 heteroatoms. The lowest BCUT2D eigenvalue weighted by Gasteiger charge is -2.51. The van der Waals surface area contributed by atoms with E-state index in [1.165, 1.54) is 0 Å². The van der Waals surface area contributed by atoms with Gasteiger partial charge in [-0.25, -0.2) is 0 Å². The average molecular weight is 1640 g/mol. The zero-order valence-corrected chi connectivity index (χ0v) is 60.1. The number of carbonyl (C=O) groups is 4. The van der Waals surface area contributed by atoms with Crippen molar-refractivity contribution in [2.24, 2.45) is 0 Å². The number of ether oxygens (including phenoxy) is 17. The maximum Gasteiger partial charge on any atom is 0.217 e. The van der Waals surface area contributed by atoms with Crippen molar-refractivity contribution in [3.63, 3.8) is 0 Å². The molecule has 0 aromatic carbocycles. The van der Waals surface area contributed by atoms with Crippen LogP contribution < -0.4 is 21.3 Å². The van der Waals surface area contributed by atoms with Crippen molar-refractivity contribution in [3.05, 3.63) is 0 Å². The van der Waals surface area contributed by atoms with E-state index >= 15 is 0 Å². The Balaban J connectivity index is 0.964. The van der Waals surface area contributed by atoms with Crippen molar-refractivity contribution in [1.29, 1.82) is 0 Å². The Morgan fingerprint density at radius 2 is 0.464 bits per heavy atom. The smallest absolute Gasteiger partial charge is 0.217 e. The molecule has 9 aliphatic heterocycles. The summed E-state index contributed by atoms with van der Waals surface area (Å²) < 4.78 is 99.2. The second-order valence-electron chi connectivity index (χ2n) is 28.2. The number of carbonyl (C=O) groups excluding carboxylic acids is 4. The topological polar surface area (TPSA) is 779 Å². The summed E-state index contributed by atoms with van der Waals surface area (Å²) in [6, 6.07) is -7.12. The summed E-state index contributed by atoms with van der Waals surface area (Å²) in [4.78, 5) is 50.3. The van der Waals surface area contributed by atoms with Crippen LogP contribution in [0, 0.1) is 0 Å². The first kappa shape index (κ1) is 92.1. The molecule has 0 aromatic rings. The van der Waals surface area contributed by atoms with Gasteiger partial charge in [-0.1, -0.05) is 0 Å². The minimum absolute atomic E-state index is 0.775. The summed E-state index contributed by atoms with van der Waals surface area (Å²) in [7, 11) is 0. The van der Waals surface area contributed by atoms with E-state index in [2.05, 4.69) is 21.3 Å². The summed E-state index contributed by atoms with van der Waals surface area (Å²) in [5.74, 6) is -3.46. The number of aliphatic hydroxyl groups excluding tert-OH is 25. The molecule has 4 amide bonds. The fourth-order valence-corrected chi connectivity index (χ4v) is 14.5. The first-order chi connectivity index (χ1) is 53.0. The normalized spacial score (nSPS) is 48.9. The van der Waals surface area contributed by atoms with Crippen molar-refractivity contribution >= 4 is 23.6 Å². The second kappa shape index (κ2) is 40.3. The highest BCUT2D eigenvalue weighted by Crippen LogP contribution is 2.40. The zero-order chi connectivity index (χ0) is 82.5. The van der Waals surface area contributed by atoms with Crippen LogP contribution in [0.1, 0.15) is 27.7 Å². The molecule has 9 rings (SSSR count). The van der Waals surface area contributed by atoms with Gasteiger partial charge >= 0.3 is 0 Å². The van der Waals surface area contributed by atoms with Crippen LogP contribution in [0.25, 0.3) is 0 Å². The highest BCUT2D eigenvalue weighted by atomic mass is 16.8. The van der Waals surface area contributed by atoms with Gasteiger partial charge in [0.1, 0.15) is 219 Å². The molecule has 0 saturated carbocycles. The maximum atomic E-state index is 12.9. The molecule has 9 aliphatic rings. The molecule has 0 aromatic heterocycles. The van der Waals surface area contributed by atoms with E-state index in [1.807, 2.05) is 0 Å². The number of rotatable bonds is 29. The van der Waals surface area contributed by atoms with Gasteiger partial charge in [0, 0.05) is 27.7 Å². The number of hydrogen-bond donors (Lipinski definition) is 29. The number of amides is 4. The minimum Gasteiger partial charge on any atom is -0.394 e. The van der Waals surface area contributed by atoms with Gasteiger partial charge in [-0.2, -0.15) is 0 Å². The first-order valence-electron chi connectivity index (χ1n) is 35.6. The fourth-order valence-electron chi connectivity index (χ4n) is 14.5. The van der Waals surface area contributed by atoms with Crippen molar-refractivity contribution in [1.82, 2.24) is 21.3 Å². The van der Waals surface area contributed by atoms with Crippen LogP contribution in [0.4, 0.5) is 0 Å². The predicted molar refractivity (Wildman–Crippen MR) is 343 cm³/mol. The predicted octanol–water partition coefficient (Wildman–Crippen LogP) is -20.1. The molecule has 45 atom stereocenters. The summed E-state index contributed by atoms with van der Waals surface area (Å²) in [5, 5.41) is 285. The largest absolute Gasteiger partial charge is 0.394 e. The number of nitrogens with one attached hydrogen (secondary N) is 4. The molecule has 0 bridgehead atoms. The van der Waals surface area contributed by atoms with Crippen LogP contribution in [-0.4, -0.2) is 487 Å². The second-order valence-corrected chi connectivity index (χ2v) is 28.2. The van der Waals surface area contributed by atoms with Crippen LogP contribution >= 0.6 is 0 Å². The minimum atomic E-state index is -2.49. The van der Waals surface area contributed by atoms with Crippen LogP contribution in [0.2, 0.25) is 0 Å². The lowest BCUT2D eigenvalue weighted by molar-refractivity contribution is -0.392. The summed E-state index contributed by atoms with van der Waals surface area (Å²) in [5.41, 5.74) is 0. The Bertz CT molecular complexity index is 2970. The molecule has 0 radical (unpaired) electrons. The van der Waals surface area contributed by atoms with Gasteiger partial charge in [0.25, 0.3) is 0 Å². The van der Waals surface area contributed by atoms with Crippen LogP contribution in [0.3, 0.4) is 0 Å². The highest BCUT2D eigenvalue weighted by molar-refractivity contribution is 5.74. The SMILES string of the molecule is CC(=O)N[C@@H]1[C@@H](O)[C@H](O[C@@H]2O[C@H](CO)[C@@H](O[C@H]3O[C@H](CO[C@H]4O[C@H](CO)[C@@H](O[C@@H]5O[C@H](CO)[C@@H](O[C@@H]6O[C@H](CO)[C@H](O)[C@H](O)[C@H]6O)[C@H](O)[C@H]5NC(C)=O)[C@H](O)[C@@H]4O)[C@@H](O)[C@H](O[C@H]4O[C@H](CO)[C@@H](O[C@@H]5O[C@H](CO)[C@@H](O[C@@H]6O[C@H](CO)[C@H](O)[C@H](O)[C@H]6O)[C@H](O)[C@H]5NC(C)=O)[C@H](O)[C@@H]4O)[C@@H]3O)[C@H](O)[C@H]2NC(C)=O)[C@@H](CO)O[C@H]1O. The third-order valence-corrected chi connectivity index (χ3v) is 20.4. The quantitative estimate of drug-likeness (QED) is 0.0331. The lowest BCUT2D eigenvalue weighted by atomic mass is 9.93. The molecule has 29 N–H and O–H groups in total. The molecule has 0 spiro atoms. The Hall–Kier alpha value is -3.80. The maximum absolute atomic E-state index is 12.9.